The predicted octanol–water partition coefficient (Wildman–Crippen LogP) is 3.49. The lowest BCUT2D eigenvalue weighted by molar-refractivity contribution is 0.295. The molecule has 0 amide bonds. The largest absolute Gasteiger partial charge is 0.485 e. The van der Waals surface area contributed by atoms with Crippen molar-refractivity contribution in [1.29, 1.82) is 0 Å². The first-order valence-electron chi connectivity index (χ1n) is 6.29. The average molecular weight is 280 g/mol. The molecule has 2 aromatic rings. The van der Waals surface area contributed by atoms with Crippen LogP contribution in [0.25, 0.3) is 0 Å². The molecule has 0 fully saturated rings. The number of pyridine rings is 1. The van der Waals surface area contributed by atoms with E-state index >= 15 is 0 Å². The van der Waals surface area contributed by atoms with Gasteiger partial charge in [-0.15, -0.1) is 11.6 Å². The molecule has 0 aliphatic carbocycles. The Bertz CT molecular complexity index is 551. The molecule has 0 radical (unpaired) electrons. The van der Waals surface area contributed by atoms with E-state index in [0.717, 1.165) is 22.8 Å². The van der Waals surface area contributed by atoms with Crippen LogP contribution in [0.2, 0.25) is 0 Å². The highest BCUT2D eigenvalue weighted by Crippen LogP contribution is 2.20. The summed E-state index contributed by atoms with van der Waals surface area (Å²) in [5.41, 5.74) is 2.60. The highest BCUT2D eigenvalue weighted by Gasteiger charge is 2.07. The molecule has 2 aromatic heterocycles. The number of rotatable bonds is 5. The number of halogens is 1. The second-order valence-electron chi connectivity index (χ2n) is 4.70. The van der Waals surface area contributed by atoms with Crippen molar-refractivity contribution in [2.45, 2.75) is 39.3 Å². The van der Waals surface area contributed by atoms with E-state index in [1.54, 1.807) is 0 Å². The van der Waals surface area contributed by atoms with E-state index in [2.05, 4.69) is 23.9 Å². The Morgan fingerprint density at radius 3 is 2.74 bits per heavy atom. The van der Waals surface area contributed by atoms with Crippen LogP contribution < -0.4 is 4.74 Å². The minimum Gasteiger partial charge on any atom is -0.485 e. The molecule has 0 saturated heterocycles. The van der Waals surface area contributed by atoms with Gasteiger partial charge < -0.3 is 4.74 Å². The molecule has 0 atom stereocenters. The third-order valence-corrected chi connectivity index (χ3v) is 3.02. The van der Waals surface area contributed by atoms with Gasteiger partial charge >= 0.3 is 0 Å². The first-order valence-corrected chi connectivity index (χ1v) is 6.83. The van der Waals surface area contributed by atoms with Crippen molar-refractivity contribution < 1.29 is 4.74 Å². The quantitative estimate of drug-likeness (QED) is 0.787. The minimum absolute atomic E-state index is 0.345. The van der Waals surface area contributed by atoms with Crippen molar-refractivity contribution in [3.05, 3.63) is 41.5 Å². The van der Waals surface area contributed by atoms with Gasteiger partial charge in [-0.2, -0.15) is 5.10 Å². The monoisotopic (exact) mass is 279 g/mol. The third kappa shape index (κ3) is 3.47. The molecule has 2 heterocycles. The molecule has 2 rings (SSSR count). The van der Waals surface area contributed by atoms with Gasteiger partial charge in [-0.3, -0.25) is 9.67 Å². The van der Waals surface area contributed by atoms with Gasteiger partial charge in [-0.1, -0.05) is 0 Å². The molecule has 0 bridgehead atoms. The Kier molecular flexibility index (Phi) is 4.43. The summed E-state index contributed by atoms with van der Waals surface area (Å²) >= 11 is 5.87. The van der Waals surface area contributed by atoms with Gasteiger partial charge in [0.1, 0.15) is 12.4 Å². The SMILES string of the molecule is Cc1ccc(OCc2ccn(C(C)C)n2)c(CCl)n1. The van der Waals surface area contributed by atoms with Crippen molar-refractivity contribution in [3.8, 4) is 5.75 Å². The number of hydrogen-bond acceptors (Lipinski definition) is 3. The van der Waals surface area contributed by atoms with Crippen molar-refractivity contribution in [1.82, 2.24) is 14.8 Å². The molecule has 4 nitrogen and oxygen atoms in total. The van der Waals surface area contributed by atoms with Gasteiger partial charge in [0.15, 0.2) is 0 Å². The molecule has 0 saturated carbocycles. The van der Waals surface area contributed by atoms with E-state index in [0.29, 0.717) is 18.5 Å². The molecular formula is C14H18ClN3O. The van der Waals surface area contributed by atoms with E-state index in [1.165, 1.54) is 0 Å². The zero-order valence-electron chi connectivity index (χ0n) is 11.4. The van der Waals surface area contributed by atoms with Crippen LogP contribution in [0.3, 0.4) is 0 Å². The summed E-state index contributed by atoms with van der Waals surface area (Å²) in [7, 11) is 0. The molecule has 102 valence electrons. The van der Waals surface area contributed by atoms with E-state index in [1.807, 2.05) is 36.0 Å². The lowest BCUT2D eigenvalue weighted by Crippen LogP contribution is -2.04. The van der Waals surface area contributed by atoms with Crippen LogP contribution in [-0.4, -0.2) is 14.8 Å². The zero-order valence-corrected chi connectivity index (χ0v) is 12.2. The first kappa shape index (κ1) is 13.9. The predicted molar refractivity (Wildman–Crippen MR) is 75.5 cm³/mol. The topological polar surface area (TPSA) is 39.9 Å². The van der Waals surface area contributed by atoms with Crippen molar-refractivity contribution >= 4 is 11.6 Å². The summed E-state index contributed by atoms with van der Waals surface area (Å²) in [5.74, 6) is 1.07. The number of alkyl halides is 1. The van der Waals surface area contributed by atoms with Crippen LogP contribution in [0, 0.1) is 6.92 Å². The minimum atomic E-state index is 0.345. The highest BCUT2D eigenvalue weighted by molar-refractivity contribution is 6.17. The lowest BCUT2D eigenvalue weighted by Gasteiger charge is -2.09. The van der Waals surface area contributed by atoms with Crippen LogP contribution >= 0.6 is 11.6 Å². The smallest absolute Gasteiger partial charge is 0.142 e. The number of aromatic nitrogens is 3. The summed E-state index contributed by atoms with van der Waals surface area (Å²) in [6.07, 6.45) is 1.96. The normalized spacial score (nSPS) is 11.0. The van der Waals surface area contributed by atoms with Gasteiger partial charge in [-0.05, 0) is 39.0 Å². The fourth-order valence-electron chi connectivity index (χ4n) is 1.72. The van der Waals surface area contributed by atoms with Gasteiger partial charge in [0, 0.05) is 17.9 Å². The maximum absolute atomic E-state index is 5.87. The van der Waals surface area contributed by atoms with Crippen molar-refractivity contribution in [3.63, 3.8) is 0 Å². The number of aryl methyl sites for hydroxylation is 1. The Labute approximate surface area is 118 Å². The third-order valence-electron chi connectivity index (χ3n) is 2.77. The van der Waals surface area contributed by atoms with Gasteiger partial charge in [0.25, 0.3) is 0 Å². The van der Waals surface area contributed by atoms with E-state index in [4.69, 9.17) is 16.3 Å². The average Bonchev–Trinajstić information content (AvgIpc) is 2.86. The second-order valence-corrected chi connectivity index (χ2v) is 4.97. The van der Waals surface area contributed by atoms with Crippen LogP contribution in [0.4, 0.5) is 0 Å². The summed E-state index contributed by atoms with van der Waals surface area (Å²) in [4.78, 5) is 4.35. The Morgan fingerprint density at radius 2 is 2.11 bits per heavy atom. The molecule has 19 heavy (non-hydrogen) atoms. The van der Waals surface area contributed by atoms with E-state index < -0.39 is 0 Å². The fraction of sp³-hybridized carbons (Fsp3) is 0.429. The highest BCUT2D eigenvalue weighted by atomic mass is 35.5. The molecule has 0 aliphatic heterocycles. The van der Waals surface area contributed by atoms with Gasteiger partial charge in [0.05, 0.1) is 17.3 Å². The maximum atomic E-state index is 5.87. The zero-order chi connectivity index (χ0) is 13.8. The number of hydrogen-bond donors (Lipinski definition) is 0. The van der Waals surface area contributed by atoms with Crippen molar-refractivity contribution in [2.24, 2.45) is 0 Å². The fourth-order valence-corrected chi connectivity index (χ4v) is 1.91. The molecule has 5 heteroatoms. The van der Waals surface area contributed by atoms with Crippen molar-refractivity contribution in [2.75, 3.05) is 0 Å². The molecule has 0 aromatic carbocycles. The summed E-state index contributed by atoms with van der Waals surface area (Å²) in [5, 5.41) is 4.44. The van der Waals surface area contributed by atoms with Crippen LogP contribution in [0.15, 0.2) is 24.4 Å². The standard InChI is InChI=1S/C14H18ClN3O/c1-10(2)18-7-6-12(17-18)9-19-14-5-4-11(3)16-13(14)8-15/h4-7,10H,8-9H2,1-3H3. The lowest BCUT2D eigenvalue weighted by atomic mass is 10.3. The summed E-state index contributed by atoms with van der Waals surface area (Å²) in [6, 6.07) is 6.13. The molecular weight excluding hydrogens is 262 g/mol. The van der Waals surface area contributed by atoms with Crippen LogP contribution in [0.1, 0.15) is 37.0 Å². The first-order chi connectivity index (χ1) is 9.10. The molecule has 0 unspecified atom stereocenters. The molecule has 0 N–H and O–H groups in total. The summed E-state index contributed by atoms with van der Waals surface area (Å²) < 4.78 is 7.65. The van der Waals surface area contributed by atoms with Gasteiger partial charge in [-0.25, -0.2) is 0 Å². The molecule has 0 aliphatic rings. The Balaban J connectivity index is 2.05. The van der Waals surface area contributed by atoms with Crippen LogP contribution in [0.5, 0.6) is 5.75 Å². The number of nitrogens with zero attached hydrogens (tertiary/aromatic N) is 3. The maximum Gasteiger partial charge on any atom is 0.142 e. The molecule has 0 spiro atoms. The van der Waals surface area contributed by atoms with Gasteiger partial charge in [0.2, 0.25) is 0 Å². The Morgan fingerprint density at radius 1 is 1.32 bits per heavy atom. The summed E-state index contributed by atoms with van der Waals surface area (Å²) in [6.45, 7) is 6.54. The Hall–Kier alpha value is -1.55. The van der Waals surface area contributed by atoms with Crippen LogP contribution in [-0.2, 0) is 12.5 Å². The van der Waals surface area contributed by atoms with E-state index in [-0.39, 0.29) is 0 Å². The second kappa shape index (κ2) is 6.06. The number of ether oxygens (including phenoxy) is 1. The van der Waals surface area contributed by atoms with E-state index in [9.17, 15) is 0 Å².